The summed E-state index contributed by atoms with van der Waals surface area (Å²) in [5.41, 5.74) is -1.20. The molecule has 104 valence electrons. The summed E-state index contributed by atoms with van der Waals surface area (Å²) in [6, 6.07) is 1.15. The van der Waals surface area contributed by atoms with Gasteiger partial charge in [0.2, 0.25) is 0 Å². The Morgan fingerprint density at radius 1 is 1.63 bits per heavy atom. The Balaban J connectivity index is 2.09. The van der Waals surface area contributed by atoms with Crippen LogP contribution in [-0.4, -0.2) is 34.4 Å². The van der Waals surface area contributed by atoms with Crippen LogP contribution in [-0.2, 0) is 14.3 Å². The highest BCUT2D eigenvalue weighted by Crippen LogP contribution is 2.29. The van der Waals surface area contributed by atoms with Gasteiger partial charge in [0.15, 0.2) is 0 Å². The summed E-state index contributed by atoms with van der Waals surface area (Å²) in [4.78, 5) is 35.2. The number of carbonyl (C=O) groups is 1. The van der Waals surface area contributed by atoms with Gasteiger partial charge in [-0.1, -0.05) is 0 Å². The zero-order chi connectivity index (χ0) is 14.0. The van der Waals surface area contributed by atoms with E-state index >= 15 is 0 Å². The van der Waals surface area contributed by atoms with Crippen molar-refractivity contribution >= 4 is 5.97 Å². The third-order valence-electron chi connectivity index (χ3n) is 2.77. The summed E-state index contributed by atoms with van der Waals surface area (Å²) in [5, 5.41) is 0. The van der Waals surface area contributed by atoms with Crippen LogP contribution in [0.4, 0.5) is 4.39 Å². The first-order valence-electron chi connectivity index (χ1n) is 5.71. The molecule has 0 aromatic carbocycles. The number of rotatable bonds is 3. The second-order valence-corrected chi connectivity index (χ2v) is 4.20. The van der Waals surface area contributed by atoms with Crippen molar-refractivity contribution < 1.29 is 18.7 Å². The van der Waals surface area contributed by atoms with Crippen molar-refractivity contribution in [3.63, 3.8) is 0 Å². The molecular formula is C11H13FN2O5. The maximum Gasteiger partial charge on any atom is 0.330 e. The largest absolute Gasteiger partial charge is 0.463 e. The normalized spacial score (nSPS) is 26.3. The van der Waals surface area contributed by atoms with Crippen LogP contribution >= 0.6 is 0 Å². The van der Waals surface area contributed by atoms with Crippen molar-refractivity contribution in [3.8, 4) is 0 Å². The third kappa shape index (κ3) is 3.08. The molecule has 0 spiro atoms. The average molecular weight is 272 g/mol. The Hall–Kier alpha value is -1.96. The lowest BCUT2D eigenvalue weighted by Crippen LogP contribution is -2.31. The molecule has 7 nitrogen and oxygen atoms in total. The monoisotopic (exact) mass is 272 g/mol. The van der Waals surface area contributed by atoms with Crippen LogP contribution < -0.4 is 11.2 Å². The minimum atomic E-state index is -1.34. The van der Waals surface area contributed by atoms with E-state index in [-0.39, 0.29) is 13.0 Å². The van der Waals surface area contributed by atoms with Gasteiger partial charge in [-0.05, 0) is 0 Å². The molecule has 1 aromatic rings. The van der Waals surface area contributed by atoms with E-state index in [0.29, 0.717) is 0 Å². The number of hydrogen-bond acceptors (Lipinski definition) is 5. The average Bonchev–Trinajstić information content (AvgIpc) is 2.67. The number of ether oxygens (including phenoxy) is 2. The van der Waals surface area contributed by atoms with E-state index in [1.165, 1.54) is 13.1 Å². The van der Waals surface area contributed by atoms with Crippen LogP contribution in [0.5, 0.6) is 0 Å². The lowest BCUT2D eigenvalue weighted by molar-refractivity contribution is -0.146. The van der Waals surface area contributed by atoms with Crippen LogP contribution in [0.3, 0.4) is 0 Å². The number of esters is 1. The molecule has 0 saturated carbocycles. The van der Waals surface area contributed by atoms with Crippen molar-refractivity contribution in [2.45, 2.75) is 31.8 Å². The first-order chi connectivity index (χ1) is 8.97. The van der Waals surface area contributed by atoms with E-state index in [0.717, 1.165) is 10.6 Å². The second-order valence-electron chi connectivity index (χ2n) is 4.20. The van der Waals surface area contributed by atoms with Gasteiger partial charge >= 0.3 is 11.7 Å². The summed E-state index contributed by atoms with van der Waals surface area (Å²) in [7, 11) is 0. The van der Waals surface area contributed by atoms with Gasteiger partial charge in [0, 0.05) is 25.6 Å². The highest BCUT2D eigenvalue weighted by atomic mass is 19.1. The second kappa shape index (κ2) is 5.35. The van der Waals surface area contributed by atoms with Crippen LogP contribution in [0.2, 0.25) is 0 Å². The minimum absolute atomic E-state index is 0.0438. The van der Waals surface area contributed by atoms with Crippen LogP contribution in [0.15, 0.2) is 21.9 Å². The molecule has 1 N–H and O–H groups in total. The molecule has 0 bridgehead atoms. The van der Waals surface area contributed by atoms with Gasteiger partial charge in [0.05, 0.1) is 0 Å². The number of nitrogens with zero attached hydrogens (tertiary/aromatic N) is 1. The van der Waals surface area contributed by atoms with Gasteiger partial charge in [-0.25, -0.2) is 9.18 Å². The molecule has 1 aliphatic heterocycles. The predicted molar refractivity (Wildman–Crippen MR) is 61.4 cm³/mol. The van der Waals surface area contributed by atoms with Gasteiger partial charge in [0.1, 0.15) is 25.1 Å². The smallest absolute Gasteiger partial charge is 0.330 e. The van der Waals surface area contributed by atoms with Crippen LogP contribution in [0.1, 0.15) is 19.6 Å². The number of aromatic amines is 1. The number of hydrogen-bond donors (Lipinski definition) is 1. The molecule has 0 amide bonds. The maximum atomic E-state index is 13.7. The Morgan fingerprint density at radius 2 is 2.37 bits per heavy atom. The summed E-state index contributed by atoms with van der Waals surface area (Å²) in [6.45, 7) is 1.01. The molecule has 3 atom stereocenters. The molecule has 0 unspecified atom stereocenters. The Morgan fingerprint density at radius 3 is 3.00 bits per heavy atom. The maximum absolute atomic E-state index is 13.7. The highest BCUT2D eigenvalue weighted by Gasteiger charge is 2.37. The lowest BCUT2D eigenvalue weighted by Gasteiger charge is -2.15. The summed E-state index contributed by atoms with van der Waals surface area (Å²) >= 11 is 0. The third-order valence-corrected chi connectivity index (χ3v) is 2.77. The molecule has 1 fully saturated rings. The molecular weight excluding hydrogens is 259 g/mol. The van der Waals surface area contributed by atoms with Gasteiger partial charge in [0.25, 0.3) is 5.56 Å². The zero-order valence-corrected chi connectivity index (χ0v) is 10.2. The molecule has 0 radical (unpaired) electrons. The number of halogens is 1. The van der Waals surface area contributed by atoms with Gasteiger partial charge in [-0.3, -0.25) is 19.1 Å². The highest BCUT2D eigenvalue weighted by molar-refractivity contribution is 5.65. The topological polar surface area (TPSA) is 90.4 Å². The summed E-state index contributed by atoms with van der Waals surface area (Å²) in [5.74, 6) is -0.527. The standard InChI is InChI=1S/C11H13FN2O5/c1-6(15)18-5-8-7(12)4-10(19-8)14-3-2-9(16)13-11(14)17/h2-3,7-8,10H,4-5H2,1H3,(H,13,16,17)/t7-,8+,10+/m0/s1. The Labute approximate surface area is 107 Å². The minimum Gasteiger partial charge on any atom is -0.463 e. The van der Waals surface area contributed by atoms with Crippen molar-refractivity contribution in [3.05, 3.63) is 33.1 Å². The quantitative estimate of drug-likeness (QED) is 0.765. The van der Waals surface area contributed by atoms with Crippen molar-refractivity contribution in [2.24, 2.45) is 0 Å². The molecule has 1 aromatic heterocycles. The van der Waals surface area contributed by atoms with Crippen LogP contribution in [0, 0.1) is 0 Å². The zero-order valence-electron chi connectivity index (χ0n) is 10.2. The molecule has 8 heteroatoms. The van der Waals surface area contributed by atoms with Crippen molar-refractivity contribution in [2.75, 3.05) is 6.61 Å². The van der Waals surface area contributed by atoms with E-state index in [2.05, 4.69) is 9.72 Å². The van der Waals surface area contributed by atoms with E-state index in [1.54, 1.807) is 0 Å². The molecule has 1 aliphatic rings. The number of aromatic nitrogens is 2. The van der Waals surface area contributed by atoms with Crippen LogP contribution in [0.25, 0.3) is 0 Å². The predicted octanol–water partition coefficient (Wildman–Crippen LogP) is -0.275. The van der Waals surface area contributed by atoms with Crippen molar-refractivity contribution in [1.29, 1.82) is 0 Å². The van der Waals surface area contributed by atoms with Gasteiger partial charge < -0.3 is 9.47 Å². The lowest BCUT2D eigenvalue weighted by atomic mass is 10.2. The molecule has 2 heterocycles. The summed E-state index contributed by atoms with van der Waals surface area (Å²) in [6.07, 6.45) is -1.87. The number of carbonyl (C=O) groups excluding carboxylic acids is 1. The Kier molecular flexibility index (Phi) is 3.79. The number of alkyl halides is 1. The summed E-state index contributed by atoms with van der Waals surface area (Å²) < 4.78 is 24.8. The van der Waals surface area contributed by atoms with Gasteiger partial charge in [-0.15, -0.1) is 0 Å². The first-order valence-corrected chi connectivity index (χ1v) is 5.71. The fraction of sp³-hybridized carbons (Fsp3) is 0.545. The van der Waals surface area contributed by atoms with E-state index < -0.39 is 35.7 Å². The number of H-pyrrole nitrogens is 1. The molecule has 1 saturated heterocycles. The van der Waals surface area contributed by atoms with E-state index in [1.807, 2.05) is 0 Å². The Bertz CT molecular complexity index is 581. The SMILES string of the molecule is CC(=O)OC[C@H]1O[C@@H](n2ccc(=O)[nH]c2=O)C[C@@H]1F. The first kappa shape index (κ1) is 13.5. The fourth-order valence-electron chi connectivity index (χ4n) is 1.86. The molecule has 0 aliphatic carbocycles. The molecule has 19 heavy (non-hydrogen) atoms. The van der Waals surface area contributed by atoms with E-state index in [9.17, 15) is 18.8 Å². The van der Waals surface area contributed by atoms with Gasteiger partial charge in [-0.2, -0.15) is 0 Å². The number of nitrogens with one attached hydrogen (secondary N) is 1. The van der Waals surface area contributed by atoms with Crippen molar-refractivity contribution in [1.82, 2.24) is 9.55 Å². The molecule has 2 rings (SSSR count). The fourth-order valence-corrected chi connectivity index (χ4v) is 1.86. The van der Waals surface area contributed by atoms with E-state index in [4.69, 9.17) is 4.74 Å².